The van der Waals surface area contributed by atoms with Gasteiger partial charge in [-0.1, -0.05) is 42.5 Å². The number of ether oxygens (including phenoxy) is 1. The van der Waals surface area contributed by atoms with E-state index in [0.29, 0.717) is 0 Å². The van der Waals surface area contributed by atoms with Gasteiger partial charge in [-0.15, -0.1) is 0 Å². The summed E-state index contributed by atoms with van der Waals surface area (Å²) in [5.41, 5.74) is 6.27. The number of benzene rings is 2. The zero-order valence-corrected chi connectivity index (χ0v) is 14.3. The molecule has 0 aliphatic heterocycles. The fraction of sp³-hybridized carbons (Fsp3) is 0.143. The number of rotatable bonds is 4. The Kier molecular flexibility index (Phi) is 3.94. The molecule has 4 heteroatoms. The van der Waals surface area contributed by atoms with Crippen molar-refractivity contribution in [1.29, 1.82) is 0 Å². The number of fused-ring (bicyclic) bond motifs is 1. The van der Waals surface area contributed by atoms with Gasteiger partial charge in [0.2, 0.25) is 0 Å². The van der Waals surface area contributed by atoms with Crippen molar-refractivity contribution in [3.05, 3.63) is 77.7 Å². The van der Waals surface area contributed by atoms with Gasteiger partial charge in [0.1, 0.15) is 11.6 Å². The smallest absolute Gasteiger partial charge is 0.177 e. The van der Waals surface area contributed by atoms with E-state index in [4.69, 9.17) is 4.74 Å². The highest BCUT2D eigenvalue weighted by atomic mass is 16.5. The van der Waals surface area contributed by atoms with Crippen LogP contribution in [0, 0.1) is 6.92 Å². The predicted octanol–water partition coefficient (Wildman–Crippen LogP) is 4.53. The highest BCUT2D eigenvalue weighted by Gasteiger charge is 2.08. The Bertz CT molecular complexity index is 1020. The van der Waals surface area contributed by atoms with E-state index in [1.165, 1.54) is 5.56 Å². The maximum absolute atomic E-state index is 5.32. The topological polar surface area (TPSA) is 50.8 Å². The number of hydrogen-bond donors (Lipinski definition) is 1. The molecule has 0 aliphatic carbocycles. The van der Waals surface area contributed by atoms with Gasteiger partial charge in [-0.25, -0.2) is 9.97 Å². The van der Waals surface area contributed by atoms with E-state index >= 15 is 0 Å². The van der Waals surface area contributed by atoms with E-state index in [9.17, 15) is 0 Å². The minimum absolute atomic E-state index is 0.738. The molecule has 2 heterocycles. The quantitative estimate of drug-likeness (QED) is 0.598. The van der Waals surface area contributed by atoms with E-state index in [2.05, 4.69) is 52.2 Å². The molecule has 0 saturated carbocycles. The number of imidazole rings is 1. The normalized spacial score (nSPS) is 11.0. The van der Waals surface area contributed by atoms with Crippen LogP contribution in [0.4, 0.5) is 0 Å². The van der Waals surface area contributed by atoms with Gasteiger partial charge in [0, 0.05) is 18.2 Å². The summed E-state index contributed by atoms with van der Waals surface area (Å²) in [7, 11) is 1.69. The van der Waals surface area contributed by atoms with Crippen molar-refractivity contribution < 1.29 is 4.74 Å². The first kappa shape index (κ1) is 15.4. The predicted molar refractivity (Wildman–Crippen MR) is 99.9 cm³/mol. The molecule has 0 saturated heterocycles. The van der Waals surface area contributed by atoms with Crippen molar-refractivity contribution in [1.82, 2.24) is 15.0 Å². The highest BCUT2D eigenvalue weighted by Crippen LogP contribution is 2.23. The van der Waals surface area contributed by atoms with Gasteiger partial charge in [0.05, 0.1) is 12.6 Å². The van der Waals surface area contributed by atoms with Gasteiger partial charge in [-0.3, -0.25) is 0 Å². The van der Waals surface area contributed by atoms with Crippen molar-refractivity contribution in [2.24, 2.45) is 0 Å². The van der Waals surface area contributed by atoms with Crippen molar-refractivity contribution in [2.75, 3.05) is 7.11 Å². The molecular weight excluding hydrogens is 310 g/mol. The van der Waals surface area contributed by atoms with Gasteiger partial charge in [0.25, 0.3) is 0 Å². The molecule has 124 valence electrons. The number of aromatic amines is 1. The maximum Gasteiger partial charge on any atom is 0.177 e. The Labute approximate surface area is 146 Å². The van der Waals surface area contributed by atoms with E-state index in [0.717, 1.165) is 45.8 Å². The van der Waals surface area contributed by atoms with Crippen LogP contribution in [-0.2, 0) is 6.42 Å². The summed E-state index contributed by atoms with van der Waals surface area (Å²) >= 11 is 0. The van der Waals surface area contributed by atoms with Gasteiger partial charge in [0.15, 0.2) is 5.65 Å². The minimum Gasteiger partial charge on any atom is -0.496 e. The molecule has 25 heavy (non-hydrogen) atoms. The third kappa shape index (κ3) is 3.11. The van der Waals surface area contributed by atoms with Crippen molar-refractivity contribution in [2.45, 2.75) is 13.3 Å². The Morgan fingerprint density at radius 3 is 2.60 bits per heavy atom. The van der Waals surface area contributed by atoms with Crippen LogP contribution >= 0.6 is 0 Å². The highest BCUT2D eigenvalue weighted by molar-refractivity contribution is 5.78. The standard InChI is InChI=1S/C21H19N3O/c1-14-10-15(8-9-19(14)25-2)11-20-23-18-12-17(13-22-21(18)24-20)16-6-4-3-5-7-16/h3-10,12-13H,11H2,1-2H3,(H,22,23,24). The molecule has 4 nitrogen and oxygen atoms in total. The summed E-state index contributed by atoms with van der Waals surface area (Å²) in [6, 6.07) is 18.6. The van der Waals surface area contributed by atoms with Crippen LogP contribution in [0.25, 0.3) is 22.3 Å². The van der Waals surface area contributed by atoms with E-state index in [-0.39, 0.29) is 0 Å². The van der Waals surface area contributed by atoms with E-state index in [1.807, 2.05) is 30.5 Å². The number of nitrogens with one attached hydrogen (secondary N) is 1. The Morgan fingerprint density at radius 1 is 1.00 bits per heavy atom. The van der Waals surface area contributed by atoms with E-state index < -0.39 is 0 Å². The molecule has 0 amide bonds. The Hall–Kier alpha value is -3.14. The summed E-state index contributed by atoms with van der Waals surface area (Å²) in [5, 5.41) is 0. The van der Waals surface area contributed by atoms with Gasteiger partial charge in [-0.05, 0) is 35.7 Å². The fourth-order valence-electron chi connectivity index (χ4n) is 3.07. The average molecular weight is 329 g/mol. The molecule has 0 bridgehead atoms. The Morgan fingerprint density at radius 2 is 1.84 bits per heavy atom. The van der Waals surface area contributed by atoms with Crippen molar-refractivity contribution >= 4 is 11.2 Å². The minimum atomic E-state index is 0.738. The largest absolute Gasteiger partial charge is 0.496 e. The SMILES string of the molecule is COc1ccc(Cc2nc3ncc(-c4ccccc4)cc3[nH]2)cc1C. The van der Waals surface area contributed by atoms with Crippen LogP contribution < -0.4 is 4.74 Å². The number of aryl methyl sites for hydroxylation is 1. The Balaban J connectivity index is 1.64. The molecule has 2 aromatic carbocycles. The molecule has 4 aromatic rings. The van der Waals surface area contributed by atoms with Crippen molar-refractivity contribution in [3.8, 4) is 16.9 Å². The molecule has 0 fully saturated rings. The first-order valence-corrected chi connectivity index (χ1v) is 8.26. The molecule has 0 radical (unpaired) electrons. The second-order valence-electron chi connectivity index (χ2n) is 6.13. The molecule has 1 N–H and O–H groups in total. The lowest BCUT2D eigenvalue weighted by atomic mass is 10.1. The summed E-state index contributed by atoms with van der Waals surface area (Å²) < 4.78 is 5.32. The summed E-state index contributed by atoms with van der Waals surface area (Å²) in [6.45, 7) is 2.05. The molecule has 0 spiro atoms. The number of nitrogens with zero attached hydrogens (tertiary/aromatic N) is 2. The zero-order chi connectivity index (χ0) is 17.2. The number of hydrogen-bond acceptors (Lipinski definition) is 3. The lowest BCUT2D eigenvalue weighted by Gasteiger charge is -2.06. The molecule has 0 aliphatic rings. The number of methoxy groups -OCH3 is 1. The maximum atomic E-state index is 5.32. The molecule has 4 rings (SSSR count). The average Bonchev–Trinajstić information content (AvgIpc) is 3.04. The van der Waals surface area contributed by atoms with Crippen LogP contribution in [-0.4, -0.2) is 22.1 Å². The van der Waals surface area contributed by atoms with Crippen molar-refractivity contribution in [3.63, 3.8) is 0 Å². The van der Waals surface area contributed by atoms with Crippen LogP contribution in [0.1, 0.15) is 17.0 Å². The first-order valence-electron chi connectivity index (χ1n) is 8.26. The van der Waals surface area contributed by atoms with Gasteiger partial charge < -0.3 is 9.72 Å². The third-order valence-electron chi connectivity index (χ3n) is 4.32. The van der Waals surface area contributed by atoms with Gasteiger partial charge >= 0.3 is 0 Å². The molecule has 2 aromatic heterocycles. The van der Waals surface area contributed by atoms with Crippen LogP contribution in [0.15, 0.2) is 60.8 Å². The summed E-state index contributed by atoms with van der Waals surface area (Å²) in [6.07, 6.45) is 2.61. The van der Waals surface area contributed by atoms with Crippen LogP contribution in [0.5, 0.6) is 5.75 Å². The lowest BCUT2D eigenvalue weighted by molar-refractivity contribution is 0.411. The summed E-state index contributed by atoms with van der Waals surface area (Å²) in [4.78, 5) is 12.5. The second kappa shape index (κ2) is 6.40. The van der Waals surface area contributed by atoms with Crippen LogP contribution in [0.3, 0.4) is 0 Å². The molecule has 0 unspecified atom stereocenters. The number of pyridine rings is 1. The fourth-order valence-corrected chi connectivity index (χ4v) is 3.07. The second-order valence-corrected chi connectivity index (χ2v) is 6.13. The zero-order valence-electron chi connectivity index (χ0n) is 14.3. The van der Waals surface area contributed by atoms with Gasteiger partial charge in [-0.2, -0.15) is 0 Å². The number of H-pyrrole nitrogens is 1. The van der Waals surface area contributed by atoms with E-state index in [1.54, 1.807) is 7.11 Å². The summed E-state index contributed by atoms with van der Waals surface area (Å²) in [5.74, 6) is 1.82. The van der Waals surface area contributed by atoms with Crippen LogP contribution in [0.2, 0.25) is 0 Å². The monoisotopic (exact) mass is 329 g/mol. The molecule has 0 atom stereocenters. The lowest BCUT2D eigenvalue weighted by Crippen LogP contribution is -1.93. The number of aromatic nitrogens is 3. The third-order valence-corrected chi connectivity index (χ3v) is 4.32. The first-order chi connectivity index (χ1) is 12.2. The molecular formula is C21H19N3O.